The zero-order valence-electron chi connectivity index (χ0n) is 13.0. The number of aliphatic hydroxyl groups excluding tert-OH is 4. The second-order valence-corrected chi connectivity index (χ2v) is 5.71. The maximum Gasteiger partial charge on any atom is 0.199 e. The molecule has 1 aliphatic rings. The third-order valence-corrected chi connectivity index (χ3v) is 4.11. The summed E-state index contributed by atoms with van der Waals surface area (Å²) >= 11 is 0. The number of aldehydes is 1. The topological polar surface area (TPSA) is 151 Å². The van der Waals surface area contributed by atoms with Crippen LogP contribution in [0.1, 0.15) is 23.5 Å². The van der Waals surface area contributed by atoms with Crippen LogP contribution in [0.25, 0.3) is 0 Å². The molecular weight excluding hydrogens is 332 g/mol. The van der Waals surface area contributed by atoms with Crippen molar-refractivity contribution in [2.45, 2.75) is 36.6 Å². The summed E-state index contributed by atoms with van der Waals surface area (Å²) in [5.41, 5.74) is 0.672. The van der Waals surface area contributed by atoms with Crippen molar-refractivity contribution in [1.29, 1.82) is 0 Å². The number of aromatic nitrogens is 4. The van der Waals surface area contributed by atoms with Crippen LogP contribution < -0.4 is 0 Å². The summed E-state index contributed by atoms with van der Waals surface area (Å²) in [6.07, 6.45) is -6.25. The van der Waals surface area contributed by atoms with Gasteiger partial charge < -0.3 is 30.0 Å². The number of tetrazole rings is 1. The molecule has 6 atom stereocenters. The molecule has 0 aliphatic carbocycles. The Labute approximate surface area is 142 Å². The van der Waals surface area contributed by atoms with Gasteiger partial charge in [-0.25, -0.2) is 0 Å². The van der Waals surface area contributed by atoms with Crippen molar-refractivity contribution >= 4 is 6.29 Å². The maximum absolute atomic E-state index is 11.4. The van der Waals surface area contributed by atoms with E-state index in [1.54, 1.807) is 24.3 Å². The third kappa shape index (κ3) is 3.30. The lowest BCUT2D eigenvalue weighted by Crippen LogP contribution is -2.56. The van der Waals surface area contributed by atoms with Gasteiger partial charge in [-0.3, -0.25) is 0 Å². The third-order valence-electron chi connectivity index (χ3n) is 4.11. The van der Waals surface area contributed by atoms with Crippen molar-refractivity contribution < 1.29 is 30.0 Å². The Bertz CT molecular complexity index is 709. The first-order valence-corrected chi connectivity index (χ1v) is 7.67. The molecule has 1 aromatic heterocycles. The van der Waals surface area contributed by atoms with Crippen LogP contribution in [0.15, 0.2) is 30.3 Å². The predicted octanol–water partition coefficient (Wildman–Crippen LogP) is -2.02. The number of hydrogen-bond donors (Lipinski definition) is 4. The molecule has 10 nitrogen and oxygen atoms in total. The Kier molecular flexibility index (Phi) is 5.16. The highest BCUT2D eigenvalue weighted by Crippen LogP contribution is 2.28. The van der Waals surface area contributed by atoms with Gasteiger partial charge in [-0.2, -0.15) is 0 Å². The molecule has 1 aliphatic heterocycles. The van der Waals surface area contributed by atoms with Crippen LogP contribution in [0.3, 0.4) is 0 Å². The summed E-state index contributed by atoms with van der Waals surface area (Å²) in [5, 5.41) is 50.6. The van der Waals surface area contributed by atoms with Gasteiger partial charge in [0.15, 0.2) is 12.1 Å². The molecule has 1 aromatic carbocycles. The average Bonchev–Trinajstić information content (AvgIpc) is 3.11. The Morgan fingerprint density at radius 2 is 1.88 bits per heavy atom. The molecule has 0 radical (unpaired) electrons. The van der Waals surface area contributed by atoms with Crippen molar-refractivity contribution in [3.8, 4) is 0 Å². The summed E-state index contributed by atoms with van der Waals surface area (Å²) in [6, 6.07) is 8.84. The molecule has 134 valence electrons. The first-order chi connectivity index (χ1) is 12.1. The zero-order valence-corrected chi connectivity index (χ0v) is 13.0. The van der Waals surface area contributed by atoms with Gasteiger partial charge in [0.05, 0.1) is 6.61 Å². The van der Waals surface area contributed by atoms with Gasteiger partial charge in [0.25, 0.3) is 0 Å². The van der Waals surface area contributed by atoms with E-state index in [9.17, 15) is 25.2 Å². The summed E-state index contributed by atoms with van der Waals surface area (Å²) in [4.78, 5) is 12.4. The van der Waals surface area contributed by atoms with Crippen molar-refractivity contribution in [3.63, 3.8) is 0 Å². The minimum absolute atomic E-state index is 0.0955. The van der Waals surface area contributed by atoms with Crippen molar-refractivity contribution in [3.05, 3.63) is 41.7 Å². The summed E-state index contributed by atoms with van der Waals surface area (Å²) in [5.74, 6) is -0.655. The molecule has 0 saturated carbocycles. The summed E-state index contributed by atoms with van der Waals surface area (Å²) in [6.45, 7) is -0.565. The number of benzene rings is 1. The van der Waals surface area contributed by atoms with Gasteiger partial charge in [0.1, 0.15) is 36.6 Å². The highest BCUT2D eigenvalue weighted by Gasteiger charge is 2.45. The lowest BCUT2D eigenvalue weighted by atomic mass is 9.98. The van der Waals surface area contributed by atoms with E-state index in [1.807, 2.05) is 6.07 Å². The van der Waals surface area contributed by atoms with E-state index in [0.717, 1.165) is 4.80 Å². The van der Waals surface area contributed by atoms with Crippen molar-refractivity contribution in [2.75, 3.05) is 6.61 Å². The number of nitrogens with zero attached hydrogens (tertiary/aromatic N) is 4. The zero-order chi connectivity index (χ0) is 18.0. The van der Waals surface area contributed by atoms with E-state index >= 15 is 0 Å². The van der Waals surface area contributed by atoms with Gasteiger partial charge in [-0.1, -0.05) is 30.3 Å². The normalized spacial score (nSPS) is 30.8. The minimum atomic E-state index is -1.55. The fraction of sp³-hybridized carbons (Fsp3) is 0.467. The second-order valence-electron chi connectivity index (χ2n) is 5.71. The van der Waals surface area contributed by atoms with Crippen LogP contribution >= 0.6 is 0 Å². The standard InChI is InChI=1S/C15H18N4O6/c20-6-9(8-4-2-1-3-5-8)14-16-18-19(17-14)15-13(24)12(23)11(22)10(7-21)25-15/h1-6,9-13,15,21-24H,7H2. The number of aliphatic hydroxyl groups is 4. The Morgan fingerprint density at radius 1 is 1.16 bits per heavy atom. The van der Waals surface area contributed by atoms with Gasteiger partial charge >= 0.3 is 0 Å². The Hall–Kier alpha value is -2.24. The first kappa shape index (κ1) is 17.6. The summed E-state index contributed by atoms with van der Waals surface area (Å²) in [7, 11) is 0. The largest absolute Gasteiger partial charge is 0.394 e. The van der Waals surface area contributed by atoms with Crippen molar-refractivity contribution in [1.82, 2.24) is 20.2 Å². The van der Waals surface area contributed by atoms with Crippen LogP contribution in [-0.4, -0.2) is 77.9 Å². The molecule has 0 amide bonds. The molecule has 25 heavy (non-hydrogen) atoms. The van der Waals surface area contributed by atoms with Crippen molar-refractivity contribution in [2.24, 2.45) is 0 Å². The molecule has 10 heteroatoms. The Morgan fingerprint density at radius 3 is 2.52 bits per heavy atom. The van der Waals surface area contributed by atoms with Crippen LogP contribution in [-0.2, 0) is 9.53 Å². The quantitative estimate of drug-likeness (QED) is 0.448. The van der Waals surface area contributed by atoms with Crippen LogP contribution in [0.4, 0.5) is 0 Å². The smallest absolute Gasteiger partial charge is 0.199 e. The molecule has 3 rings (SSSR count). The molecule has 0 spiro atoms. The van der Waals surface area contributed by atoms with Gasteiger partial charge in [-0.05, 0) is 10.8 Å². The fourth-order valence-corrected chi connectivity index (χ4v) is 2.69. The molecule has 2 heterocycles. The fourth-order valence-electron chi connectivity index (χ4n) is 2.69. The number of hydrogen-bond acceptors (Lipinski definition) is 9. The minimum Gasteiger partial charge on any atom is -0.394 e. The lowest BCUT2D eigenvalue weighted by Gasteiger charge is -2.38. The van der Waals surface area contributed by atoms with Gasteiger partial charge in [0, 0.05) is 0 Å². The predicted molar refractivity (Wildman–Crippen MR) is 81.2 cm³/mol. The Balaban J connectivity index is 1.86. The molecule has 4 N–H and O–H groups in total. The van der Waals surface area contributed by atoms with E-state index in [-0.39, 0.29) is 5.82 Å². The number of ether oxygens (including phenoxy) is 1. The molecule has 1 saturated heterocycles. The van der Waals surface area contributed by atoms with E-state index in [1.165, 1.54) is 0 Å². The molecule has 2 aromatic rings. The molecule has 1 fully saturated rings. The van der Waals surface area contributed by atoms with E-state index in [0.29, 0.717) is 11.8 Å². The van der Waals surface area contributed by atoms with Crippen LogP contribution in [0.2, 0.25) is 0 Å². The first-order valence-electron chi connectivity index (χ1n) is 7.67. The monoisotopic (exact) mass is 350 g/mol. The SMILES string of the molecule is O=CC(c1ccccc1)c1nnn(C2OC(CO)C(O)C(O)C2O)n1. The molecular formula is C15H18N4O6. The highest BCUT2D eigenvalue weighted by molar-refractivity contribution is 5.66. The lowest BCUT2D eigenvalue weighted by molar-refractivity contribution is -0.257. The van der Waals surface area contributed by atoms with E-state index in [4.69, 9.17) is 4.74 Å². The van der Waals surface area contributed by atoms with Crippen LogP contribution in [0.5, 0.6) is 0 Å². The van der Waals surface area contributed by atoms with E-state index < -0.39 is 43.2 Å². The number of carbonyl (C=O) groups is 1. The molecule has 0 bridgehead atoms. The van der Waals surface area contributed by atoms with Gasteiger partial charge in [0.2, 0.25) is 0 Å². The summed E-state index contributed by atoms with van der Waals surface area (Å²) < 4.78 is 5.35. The molecule has 6 unspecified atom stereocenters. The average molecular weight is 350 g/mol. The number of rotatable bonds is 5. The highest BCUT2D eigenvalue weighted by atomic mass is 16.6. The van der Waals surface area contributed by atoms with Gasteiger partial charge in [-0.15, -0.1) is 15.0 Å². The second kappa shape index (κ2) is 7.33. The van der Waals surface area contributed by atoms with E-state index in [2.05, 4.69) is 15.4 Å². The maximum atomic E-state index is 11.4. The number of carbonyl (C=O) groups excluding carboxylic acids is 1. The van der Waals surface area contributed by atoms with Crippen LogP contribution in [0, 0.1) is 0 Å².